The Morgan fingerprint density at radius 1 is 0.290 bits per heavy atom. The van der Waals surface area contributed by atoms with Gasteiger partial charge in [0.2, 0.25) is 11.9 Å². The summed E-state index contributed by atoms with van der Waals surface area (Å²) in [7, 11) is 0. The minimum Gasteiger partial charge on any atom is -0.278 e. The zero-order valence-corrected chi connectivity index (χ0v) is 32.4. The molecule has 12 aromatic rings. The highest BCUT2D eigenvalue weighted by Gasteiger charge is 2.20. The van der Waals surface area contributed by atoms with Crippen LogP contribution < -0.4 is 0 Å². The van der Waals surface area contributed by atoms with Gasteiger partial charge < -0.3 is 0 Å². The van der Waals surface area contributed by atoms with E-state index in [0.29, 0.717) is 5.56 Å². The number of para-hydroxylation sites is 4. The van der Waals surface area contributed by atoms with Crippen molar-refractivity contribution in [3.05, 3.63) is 224 Å². The second-order valence-corrected chi connectivity index (χ2v) is 14.5. The fourth-order valence-electron chi connectivity index (χ4n) is 7.96. The van der Waals surface area contributed by atoms with Gasteiger partial charge in [0.1, 0.15) is 0 Å². The second kappa shape index (κ2) is 14.7. The maximum Gasteiger partial charge on any atom is 0.240 e. The van der Waals surface area contributed by atoms with Crippen molar-refractivity contribution in [2.75, 3.05) is 0 Å². The Kier molecular flexibility index (Phi) is 5.41. The average molecular weight is 808 g/mol. The molecule has 290 valence electrons. The van der Waals surface area contributed by atoms with E-state index in [0.717, 1.165) is 53.6 Å². The molecule has 0 amide bonds. The fourth-order valence-corrected chi connectivity index (χ4v) is 7.96. The standard InChI is InChI=1S/C57H37N5/c1-2-13-38(14-3-1)39-25-29-42(30-26-39)45-15-12-16-46(37-45)43-31-27-40(28-32-43)41-33-35-44(36-34-41)55-58-56(61-51-21-8-4-17-47(51)48-18-5-9-22-52(48)61)60-57(59-55)62-53-23-10-6-19-49(53)50-20-7-11-24-54(50)62/h1-37H/i4D,5D,6D,7D,8D,9D,10D,11D,17D,18D,19D,20D,21D,22D,23D,24D. The van der Waals surface area contributed by atoms with Crippen molar-refractivity contribution in [2.45, 2.75) is 0 Å². The topological polar surface area (TPSA) is 48.5 Å². The zero-order valence-electron chi connectivity index (χ0n) is 48.4. The molecule has 62 heavy (non-hydrogen) atoms. The quantitative estimate of drug-likeness (QED) is 0.161. The number of rotatable bonds is 7. The van der Waals surface area contributed by atoms with Crippen LogP contribution in [0.25, 0.3) is 111 Å². The van der Waals surface area contributed by atoms with E-state index in [1.54, 1.807) is 12.1 Å². The summed E-state index contributed by atoms with van der Waals surface area (Å²) in [5.41, 5.74) is 7.12. The average Bonchev–Trinajstić information content (AvgIpc) is 3.73. The summed E-state index contributed by atoms with van der Waals surface area (Å²) in [6.45, 7) is 0. The first-order valence-corrected chi connectivity index (χ1v) is 19.6. The Morgan fingerprint density at radius 3 is 0.984 bits per heavy atom. The Balaban J connectivity index is 1.04. The van der Waals surface area contributed by atoms with E-state index in [1.807, 2.05) is 60.7 Å². The molecule has 0 saturated carbocycles. The van der Waals surface area contributed by atoms with E-state index in [-0.39, 0.29) is 49.4 Å². The molecule has 0 saturated heterocycles. The van der Waals surface area contributed by atoms with Crippen molar-refractivity contribution < 1.29 is 21.9 Å². The lowest BCUT2D eigenvalue weighted by Crippen LogP contribution is -2.10. The van der Waals surface area contributed by atoms with E-state index >= 15 is 0 Å². The fraction of sp³-hybridized carbons (Fsp3) is 0. The van der Waals surface area contributed by atoms with Crippen molar-refractivity contribution in [3.8, 4) is 67.8 Å². The summed E-state index contributed by atoms with van der Waals surface area (Å²) in [5.74, 6) is -1.07. The predicted molar refractivity (Wildman–Crippen MR) is 256 cm³/mol. The molecule has 12 rings (SSSR count). The molecule has 3 heterocycles. The summed E-state index contributed by atoms with van der Waals surface area (Å²) in [4.78, 5) is 14.4. The lowest BCUT2D eigenvalue weighted by atomic mass is 9.96. The largest absolute Gasteiger partial charge is 0.278 e. The molecule has 0 unspecified atom stereocenters. The minimum absolute atomic E-state index is 0.139. The van der Waals surface area contributed by atoms with E-state index in [2.05, 4.69) is 54.6 Å². The third-order valence-corrected chi connectivity index (χ3v) is 11.0. The Labute approximate surface area is 381 Å². The minimum atomic E-state index is -0.696. The highest BCUT2D eigenvalue weighted by Crippen LogP contribution is 2.35. The first-order valence-electron chi connectivity index (χ1n) is 27.6. The summed E-state index contributed by atoms with van der Waals surface area (Å²) in [5, 5.41) is -1.04. The number of aromatic nitrogens is 5. The zero-order chi connectivity index (χ0) is 54.9. The van der Waals surface area contributed by atoms with Crippen LogP contribution in [0.4, 0.5) is 0 Å². The molecule has 0 atom stereocenters. The number of nitrogens with zero attached hydrogens (tertiary/aromatic N) is 5. The lowest BCUT2D eigenvalue weighted by Gasteiger charge is -2.13. The molecular formula is C57H37N5. The molecule has 0 bridgehead atoms. The molecule has 5 nitrogen and oxygen atoms in total. The van der Waals surface area contributed by atoms with Crippen LogP contribution >= 0.6 is 0 Å². The van der Waals surface area contributed by atoms with Crippen LogP contribution in [-0.4, -0.2) is 24.1 Å². The van der Waals surface area contributed by atoms with Crippen molar-refractivity contribution >= 4 is 43.6 Å². The third-order valence-electron chi connectivity index (χ3n) is 11.0. The molecule has 0 aliphatic carbocycles. The smallest absolute Gasteiger partial charge is 0.240 e. The predicted octanol–water partition coefficient (Wildman–Crippen LogP) is 14.4. The summed E-state index contributed by atoms with van der Waals surface area (Å²) >= 11 is 0. The van der Waals surface area contributed by atoms with Gasteiger partial charge in [0.15, 0.2) is 5.82 Å². The van der Waals surface area contributed by atoms with Gasteiger partial charge in [-0.25, -0.2) is 0 Å². The molecule has 5 heteroatoms. The highest BCUT2D eigenvalue weighted by atomic mass is 15.3. The first kappa shape index (κ1) is 22.8. The van der Waals surface area contributed by atoms with E-state index < -0.39 is 109 Å². The molecule has 0 aliphatic rings. The third kappa shape index (κ3) is 6.06. The van der Waals surface area contributed by atoms with Gasteiger partial charge >= 0.3 is 0 Å². The normalized spacial score (nSPS) is 15.2. The van der Waals surface area contributed by atoms with Crippen molar-refractivity contribution in [1.29, 1.82) is 0 Å². The van der Waals surface area contributed by atoms with Crippen molar-refractivity contribution in [3.63, 3.8) is 0 Å². The van der Waals surface area contributed by atoms with Crippen LogP contribution in [0.2, 0.25) is 0 Å². The van der Waals surface area contributed by atoms with E-state index in [9.17, 15) is 5.48 Å². The van der Waals surface area contributed by atoms with Gasteiger partial charge in [-0.2, -0.15) is 15.0 Å². The van der Waals surface area contributed by atoms with Crippen LogP contribution in [0, 0.1) is 0 Å². The highest BCUT2D eigenvalue weighted by molar-refractivity contribution is 6.10. The van der Waals surface area contributed by atoms with Gasteiger partial charge in [0.25, 0.3) is 0 Å². The van der Waals surface area contributed by atoms with Gasteiger partial charge in [-0.05, 0) is 74.7 Å². The first-order chi connectivity index (χ1) is 37.4. The molecule has 0 N–H and O–H groups in total. The molecular weight excluding hydrogens is 755 g/mol. The van der Waals surface area contributed by atoms with Gasteiger partial charge in [0.05, 0.1) is 44.0 Å². The maximum absolute atomic E-state index is 9.19. The van der Waals surface area contributed by atoms with Gasteiger partial charge in [-0.3, -0.25) is 9.13 Å². The van der Waals surface area contributed by atoms with E-state index in [4.69, 9.17) is 31.4 Å². The molecule has 9 aromatic carbocycles. The number of hydrogen-bond acceptors (Lipinski definition) is 3. The van der Waals surface area contributed by atoms with Crippen LogP contribution in [0.5, 0.6) is 0 Å². The molecule has 3 aromatic heterocycles. The summed E-state index contributed by atoms with van der Waals surface area (Å²) < 4.78 is 144. The van der Waals surface area contributed by atoms with Gasteiger partial charge in [-0.1, -0.05) is 194 Å². The maximum atomic E-state index is 9.19. The Bertz CT molecular complexity index is 4210. The summed E-state index contributed by atoms with van der Waals surface area (Å²) in [6.07, 6.45) is 0. The molecule has 0 fully saturated rings. The second-order valence-electron chi connectivity index (χ2n) is 14.5. The summed E-state index contributed by atoms with van der Waals surface area (Å²) in [6, 6.07) is 31.5. The number of hydrogen-bond donors (Lipinski definition) is 0. The van der Waals surface area contributed by atoms with Gasteiger partial charge in [0, 0.05) is 27.1 Å². The Hall–Kier alpha value is -8.41. The molecule has 0 spiro atoms. The number of benzene rings is 9. The SMILES string of the molecule is [2H]c1c([2H])c([2H])c2c(c1[2H])c1c([2H])c([2H])c([2H])c([2H])c1n2-c1nc(-c2ccc(-c3ccc(-c4cccc(-c5ccc(-c6ccccc6)cc5)c4)cc3)cc2)nc(-n2c3c([2H])c([2H])c([2H])c([2H])c3c3c([2H])c([2H])c([2H])c([2H])c32)n1. The lowest BCUT2D eigenvalue weighted by molar-refractivity contribution is 0.893. The van der Waals surface area contributed by atoms with Crippen LogP contribution in [-0.2, 0) is 0 Å². The van der Waals surface area contributed by atoms with Crippen molar-refractivity contribution in [2.24, 2.45) is 0 Å². The van der Waals surface area contributed by atoms with Crippen LogP contribution in [0.1, 0.15) is 21.9 Å². The monoisotopic (exact) mass is 807 g/mol. The van der Waals surface area contributed by atoms with Crippen LogP contribution in [0.3, 0.4) is 0 Å². The van der Waals surface area contributed by atoms with E-state index in [1.165, 1.54) is 0 Å². The molecule has 0 aliphatic heterocycles. The van der Waals surface area contributed by atoms with Gasteiger partial charge in [-0.15, -0.1) is 0 Å². The van der Waals surface area contributed by atoms with Crippen molar-refractivity contribution in [1.82, 2.24) is 24.1 Å². The Morgan fingerprint density at radius 2 is 0.597 bits per heavy atom. The number of fused-ring (bicyclic) bond motifs is 6. The van der Waals surface area contributed by atoms with Crippen LogP contribution in [0.15, 0.2) is 224 Å². The molecule has 0 radical (unpaired) electrons.